The van der Waals surface area contributed by atoms with E-state index in [1.807, 2.05) is 23.7 Å². The SMILES string of the molecule is Cn1cnc2c3nc(Nc4ccccc4OCC(F)(F)F)sc3ccc21. The molecule has 0 aliphatic heterocycles. The van der Waals surface area contributed by atoms with Gasteiger partial charge in [0.1, 0.15) is 16.8 Å². The molecule has 134 valence electrons. The van der Waals surface area contributed by atoms with Gasteiger partial charge in [0.05, 0.1) is 22.2 Å². The fourth-order valence-corrected chi connectivity index (χ4v) is 3.49. The van der Waals surface area contributed by atoms with Crippen molar-refractivity contribution >= 4 is 43.4 Å². The lowest BCUT2D eigenvalue weighted by Crippen LogP contribution is -2.19. The Morgan fingerprint density at radius 1 is 1.15 bits per heavy atom. The van der Waals surface area contributed by atoms with Gasteiger partial charge >= 0.3 is 6.18 Å². The first-order valence-electron chi connectivity index (χ1n) is 7.67. The number of benzene rings is 2. The van der Waals surface area contributed by atoms with E-state index in [-0.39, 0.29) is 5.75 Å². The van der Waals surface area contributed by atoms with E-state index >= 15 is 0 Å². The van der Waals surface area contributed by atoms with Crippen LogP contribution >= 0.6 is 11.3 Å². The summed E-state index contributed by atoms with van der Waals surface area (Å²) in [5.74, 6) is 0.118. The molecular weight excluding hydrogens is 365 g/mol. The van der Waals surface area contributed by atoms with Crippen LogP contribution in [0.4, 0.5) is 24.0 Å². The van der Waals surface area contributed by atoms with Crippen LogP contribution in [-0.2, 0) is 7.05 Å². The number of halogens is 3. The summed E-state index contributed by atoms with van der Waals surface area (Å²) in [6, 6.07) is 10.4. The molecule has 26 heavy (non-hydrogen) atoms. The standard InChI is InChI=1S/C17H13F3N4OS/c1-24-9-21-14-11(24)6-7-13-15(14)23-16(26-13)22-10-4-2-3-5-12(10)25-8-17(18,19)20/h2-7,9H,8H2,1H3,(H,22,23). The average molecular weight is 378 g/mol. The van der Waals surface area contributed by atoms with Gasteiger partial charge in [-0.2, -0.15) is 13.2 Å². The van der Waals surface area contributed by atoms with E-state index in [1.165, 1.54) is 17.4 Å². The Bertz CT molecular complexity index is 1090. The molecule has 4 aromatic rings. The molecule has 4 rings (SSSR count). The molecule has 0 radical (unpaired) electrons. The maximum absolute atomic E-state index is 12.4. The van der Waals surface area contributed by atoms with Crippen molar-refractivity contribution in [3.63, 3.8) is 0 Å². The monoisotopic (exact) mass is 378 g/mol. The van der Waals surface area contributed by atoms with E-state index in [2.05, 4.69) is 15.3 Å². The molecule has 2 aromatic carbocycles. The number of para-hydroxylation sites is 2. The third-order valence-electron chi connectivity index (χ3n) is 3.77. The highest BCUT2D eigenvalue weighted by Crippen LogP contribution is 2.35. The Morgan fingerprint density at radius 2 is 1.96 bits per heavy atom. The minimum absolute atomic E-state index is 0.118. The highest BCUT2D eigenvalue weighted by atomic mass is 32.1. The quantitative estimate of drug-likeness (QED) is 0.551. The molecule has 0 atom stereocenters. The molecular formula is C17H13F3N4OS. The Hall–Kier alpha value is -2.81. The molecule has 0 amide bonds. The predicted octanol–water partition coefficient (Wildman–Crippen LogP) is 4.87. The Morgan fingerprint density at radius 3 is 2.77 bits per heavy atom. The van der Waals surface area contributed by atoms with Crippen LogP contribution < -0.4 is 10.1 Å². The number of nitrogens with one attached hydrogen (secondary N) is 1. The van der Waals surface area contributed by atoms with E-state index < -0.39 is 12.8 Å². The summed E-state index contributed by atoms with van der Waals surface area (Å²) in [5, 5.41) is 3.61. The van der Waals surface area contributed by atoms with Crippen LogP contribution in [0.3, 0.4) is 0 Å². The highest BCUT2D eigenvalue weighted by Gasteiger charge is 2.28. The van der Waals surface area contributed by atoms with Crippen molar-refractivity contribution in [2.45, 2.75) is 6.18 Å². The third kappa shape index (κ3) is 3.17. The fourth-order valence-electron chi connectivity index (χ4n) is 2.61. The van der Waals surface area contributed by atoms with Gasteiger partial charge in [-0.05, 0) is 24.3 Å². The minimum Gasteiger partial charge on any atom is -0.482 e. The van der Waals surface area contributed by atoms with Gasteiger partial charge in [0.25, 0.3) is 0 Å². The smallest absolute Gasteiger partial charge is 0.422 e. The molecule has 0 fully saturated rings. The summed E-state index contributed by atoms with van der Waals surface area (Å²) in [6.45, 7) is -1.35. The molecule has 2 heterocycles. The second kappa shape index (κ2) is 6.17. The van der Waals surface area contributed by atoms with Crippen molar-refractivity contribution in [2.75, 3.05) is 11.9 Å². The molecule has 0 aliphatic carbocycles. The number of ether oxygens (including phenoxy) is 1. The largest absolute Gasteiger partial charge is 0.482 e. The zero-order chi connectivity index (χ0) is 18.3. The van der Waals surface area contributed by atoms with Crippen LogP contribution in [0, 0.1) is 0 Å². The van der Waals surface area contributed by atoms with Crippen molar-refractivity contribution < 1.29 is 17.9 Å². The fraction of sp³-hybridized carbons (Fsp3) is 0.176. The van der Waals surface area contributed by atoms with Crippen molar-refractivity contribution in [3.8, 4) is 5.75 Å². The van der Waals surface area contributed by atoms with Crippen molar-refractivity contribution in [1.29, 1.82) is 0 Å². The molecule has 0 spiro atoms. The van der Waals surface area contributed by atoms with Gasteiger partial charge < -0.3 is 14.6 Å². The molecule has 1 N–H and O–H groups in total. The lowest BCUT2D eigenvalue weighted by Gasteiger charge is -2.13. The first kappa shape index (κ1) is 16.6. The number of aryl methyl sites for hydroxylation is 1. The van der Waals surface area contributed by atoms with E-state index in [9.17, 15) is 13.2 Å². The number of thiazole rings is 1. The van der Waals surface area contributed by atoms with Gasteiger partial charge in [-0.25, -0.2) is 9.97 Å². The number of nitrogens with zero attached hydrogens (tertiary/aromatic N) is 3. The second-order valence-electron chi connectivity index (χ2n) is 5.68. The summed E-state index contributed by atoms with van der Waals surface area (Å²) in [7, 11) is 1.90. The van der Waals surface area contributed by atoms with Gasteiger partial charge in [0, 0.05) is 7.05 Å². The maximum Gasteiger partial charge on any atom is 0.422 e. The molecule has 0 saturated carbocycles. The minimum atomic E-state index is -4.40. The van der Waals surface area contributed by atoms with Crippen LogP contribution in [0.2, 0.25) is 0 Å². The van der Waals surface area contributed by atoms with E-state index in [4.69, 9.17) is 4.74 Å². The van der Waals surface area contributed by atoms with Gasteiger partial charge in [-0.3, -0.25) is 0 Å². The molecule has 2 aromatic heterocycles. The molecule has 5 nitrogen and oxygen atoms in total. The molecule has 0 bridgehead atoms. The van der Waals surface area contributed by atoms with Gasteiger partial charge in [-0.15, -0.1) is 0 Å². The number of fused-ring (bicyclic) bond motifs is 3. The third-order valence-corrected chi connectivity index (χ3v) is 4.71. The van der Waals surface area contributed by atoms with E-state index in [0.717, 1.165) is 21.3 Å². The summed E-state index contributed by atoms with van der Waals surface area (Å²) in [5.41, 5.74) is 2.93. The maximum atomic E-state index is 12.4. The Kier molecular flexibility index (Phi) is 3.95. The zero-order valence-corrected chi connectivity index (χ0v) is 14.4. The topological polar surface area (TPSA) is 52.0 Å². The van der Waals surface area contributed by atoms with Crippen LogP contribution in [-0.4, -0.2) is 27.3 Å². The summed E-state index contributed by atoms with van der Waals surface area (Å²) >= 11 is 1.40. The molecule has 0 saturated heterocycles. The number of hydrogen-bond donors (Lipinski definition) is 1. The molecule has 0 unspecified atom stereocenters. The van der Waals surface area contributed by atoms with Crippen molar-refractivity contribution in [1.82, 2.24) is 14.5 Å². The second-order valence-corrected chi connectivity index (χ2v) is 6.71. The number of rotatable bonds is 4. The van der Waals surface area contributed by atoms with Crippen LogP contribution in [0.25, 0.3) is 21.3 Å². The number of hydrogen-bond acceptors (Lipinski definition) is 5. The first-order valence-corrected chi connectivity index (χ1v) is 8.48. The van der Waals surface area contributed by atoms with Crippen LogP contribution in [0.15, 0.2) is 42.7 Å². The summed E-state index contributed by atoms with van der Waals surface area (Å²) < 4.78 is 45.0. The molecule has 9 heteroatoms. The number of anilines is 2. The predicted molar refractivity (Wildman–Crippen MR) is 95.2 cm³/mol. The number of alkyl halides is 3. The van der Waals surface area contributed by atoms with Gasteiger partial charge in [-0.1, -0.05) is 23.5 Å². The van der Waals surface area contributed by atoms with Crippen LogP contribution in [0.5, 0.6) is 5.75 Å². The van der Waals surface area contributed by atoms with Crippen molar-refractivity contribution in [3.05, 3.63) is 42.7 Å². The summed E-state index contributed by atoms with van der Waals surface area (Å²) in [6.07, 6.45) is -2.68. The van der Waals surface area contributed by atoms with Gasteiger partial charge in [0.2, 0.25) is 0 Å². The normalized spacial score (nSPS) is 12.0. The van der Waals surface area contributed by atoms with E-state index in [1.54, 1.807) is 24.5 Å². The Labute approximate surface area is 150 Å². The van der Waals surface area contributed by atoms with Crippen molar-refractivity contribution in [2.24, 2.45) is 7.05 Å². The lowest BCUT2D eigenvalue weighted by atomic mass is 10.3. The Balaban J connectivity index is 1.66. The lowest BCUT2D eigenvalue weighted by molar-refractivity contribution is -0.153. The first-order chi connectivity index (χ1) is 12.4. The highest BCUT2D eigenvalue weighted by molar-refractivity contribution is 7.22. The van der Waals surface area contributed by atoms with Gasteiger partial charge in [0.15, 0.2) is 11.7 Å². The van der Waals surface area contributed by atoms with Crippen LogP contribution in [0.1, 0.15) is 0 Å². The average Bonchev–Trinajstić information content (AvgIpc) is 3.16. The zero-order valence-electron chi connectivity index (χ0n) is 13.5. The van der Waals surface area contributed by atoms with E-state index in [0.29, 0.717) is 10.8 Å². The summed E-state index contributed by atoms with van der Waals surface area (Å²) in [4.78, 5) is 8.92. The number of imidazole rings is 1. The molecule has 0 aliphatic rings. The number of aromatic nitrogens is 3.